The van der Waals surface area contributed by atoms with Crippen LogP contribution in [0.1, 0.15) is 11.1 Å². The molecule has 0 saturated carbocycles. The van der Waals surface area contributed by atoms with E-state index in [-0.39, 0.29) is 5.57 Å². The monoisotopic (exact) mass is 422 g/mol. The van der Waals surface area contributed by atoms with Gasteiger partial charge in [-0.1, -0.05) is 47.5 Å². The van der Waals surface area contributed by atoms with E-state index < -0.39 is 5.91 Å². The Labute approximate surface area is 179 Å². The molecule has 0 aliphatic carbocycles. The van der Waals surface area contributed by atoms with Gasteiger partial charge in [0.1, 0.15) is 24.0 Å². The fraction of sp³-hybridized carbons (Fsp3) is 0.0435. The predicted octanol–water partition coefficient (Wildman–Crippen LogP) is 6.12. The summed E-state index contributed by atoms with van der Waals surface area (Å²) in [6.07, 6.45) is 1.51. The Hall–Kier alpha value is -3.26. The highest BCUT2D eigenvalue weighted by Crippen LogP contribution is 2.19. The summed E-state index contributed by atoms with van der Waals surface area (Å²) < 4.78 is 5.79. The third-order valence-corrected chi connectivity index (χ3v) is 4.42. The van der Waals surface area contributed by atoms with Gasteiger partial charge in [-0.3, -0.25) is 4.79 Å². The second kappa shape index (κ2) is 9.79. The van der Waals surface area contributed by atoms with Crippen LogP contribution in [0.2, 0.25) is 10.0 Å². The highest BCUT2D eigenvalue weighted by Gasteiger charge is 2.10. The summed E-state index contributed by atoms with van der Waals surface area (Å²) in [5.41, 5.74) is 2.15. The van der Waals surface area contributed by atoms with E-state index in [0.29, 0.717) is 33.7 Å². The molecule has 0 radical (unpaired) electrons. The maximum absolute atomic E-state index is 12.4. The first kappa shape index (κ1) is 20.5. The van der Waals surface area contributed by atoms with Gasteiger partial charge in [-0.05, 0) is 65.7 Å². The van der Waals surface area contributed by atoms with Gasteiger partial charge in [0.25, 0.3) is 5.91 Å². The molecule has 1 amide bonds. The molecule has 0 heterocycles. The van der Waals surface area contributed by atoms with E-state index in [2.05, 4.69) is 5.32 Å². The van der Waals surface area contributed by atoms with E-state index in [9.17, 15) is 10.1 Å². The highest BCUT2D eigenvalue weighted by molar-refractivity contribution is 6.31. The van der Waals surface area contributed by atoms with Crippen LogP contribution >= 0.6 is 23.2 Å². The summed E-state index contributed by atoms with van der Waals surface area (Å²) in [5.74, 6) is 0.120. The lowest BCUT2D eigenvalue weighted by atomic mass is 10.1. The Morgan fingerprint density at radius 1 is 1.00 bits per heavy atom. The van der Waals surface area contributed by atoms with Crippen molar-refractivity contribution in [1.29, 1.82) is 5.26 Å². The molecule has 3 rings (SSSR count). The van der Waals surface area contributed by atoms with E-state index in [0.717, 1.165) is 5.56 Å². The minimum atomic E-state index is -0.500. The van der Waals surface area contributed by atoms with Crippen LogP contribution in [-0.4, -0.2) is 5.91 Å². The second-order valence-corrected chi connectivity index (χ2v) is 6.99. The van der Waals surface area contributed by atoms with Crippen LogP contribution in [0.15, 0.2) is 78.4 Å². The van der Waals surface area contributed by atoms with Gasteiger partial charge >= 0.3 is 0 Å². The minimum Gasteiger partial charge on any atom is -0.489 e. The molecule has 0 spiro atoms. The van der Waals surface area contributed by atoms with Crippen molar-refractivity contribution in [3.8, 4) is 11.8 Å². The molecular weight excluding hydrogens is 407 g/mol. The van der Waals surface area contributed by atoms with Gasteiger partial charge in [-0.25, -0.2) is 0 Å². The average Bonchev–Trinajstić information content (AvgIpc) is 2.72. The van der Waals surface area contributed by atoms with Crippen LogP contribution in [-0.2, 0) is 11.4 Å². The third kappa shape index (κ3) is 6.11. The Morgan fingerprint density at radius 3 is 2.48 bits per heavy atom. The van der Waals surface area contributed by atoms with Gasteiger partial charge in [-0.2, -0.15) is 5.26 Å². The van der Waals surface area contributed by atoms with Crippen molar-refractivity contribution in [3.05, 3.63) is 99.5 Å². The first-order valence-electron chi connectivity index (χ1n) is 8.69. The molecule has 4 nitrogen and oxygen atoms in total. The number of benzene rings is 3. The summed E-state index contributed by atoms with van der Waals surface area (Å²) in [5, 5.41) is 13.3. The SMILES string of the molecule is N#C/C(=C/c1cccc(OCc2cccc(Cl)c2)c1)C(=O)Nc1ccc(Cl)cc1. The lowest BCUT2D eigenvalue weighted by Gasteiger charge is -2.08. The van der Waals surface area contributed by atoms with Crippen LogP contribution in [0.4, 0.5) is 5.69 Å². The number of nitrogens with one attached hydrogen (secondary N) is 1. The number of ether oxygens (including phenoxy) is 1. The first-order valence-corrected chi connectivity index (χ1v) is 9.45. The molecule has 3 aromatic carbocycles. The topological polar surface area (TPSA) is 62.1 Å². The standard InChI is InChI=1S/C23H16Cl2N2O2/c24-19-7-9-21(10-8-19)27-23(28)18(14-26)11-16-3-2-6-22(13-16)29-15-17-4-1-5-20(25)12-17/h1-13H,15H2,(H,27,28)/b18-11-. The fourth-order valence-electron chi connectivity index (χ4n) is 2.53. The largest absolute Gasteiger partial charge is 0.489 e. The maximum Gasteiger partial charge on any atom is 0.266 e. The number of halogens is 2. The van der Waals surface area contributed by atoms with Gasteiger partial charge < -0.3 is 10.1 Å². The molecule has 0 aromatic heterocycles. The summed E-state index contributed by atoms with van der Waals surface area (Å²) in [6.45, 7) is 0.357. The van der Waals surface area contributed by atoms with Crippen molar-refractivity contribution in [3.63, 3.8) is 0 Å². The molecule has 1 N–H and O–H groups in total. The van der Waals surface area contributed by atoms with Crippen LogP contribution in [0.25, 0.3) is 6.08 Å². The van der Waals surface area contributed by atoms with Crippen LogP contribution in [0, 0.1) is 11.3 Å². The molecule has 0 bridgehead atoms. The number of nitriles is 1. The smallest absolute Gasteiger partial charge is 0.266 e. The number of hydrogen-bond acceptors (Lipinski definition) is 3. The normalized spacial score (nSPS) is 10.9. The molecule has 0 atom stereocenters. The zero-order valence-electron chi connectivity index (χ0n) is 15.2. The summed E-state index contributed by atoms with van der Waals surface area (Å²) in [4.78, 5) is 12.4. The molecule has 144 valence electrons. The third-order valence-electron chi connectivity index (χ3n) is 3.93. The van der Waals surface area contributed by atoms with Gasteiger partial charge in [0.05, 0.1) is 0 Å². The van der Waals surface area contributed by atoms with Crippen molar-refractivity contribution in [2.24, 2.45) is 0 Å². The van der Waals surface area contributed by atoms with Gasteiger partial charge in [-0.15, -0.1) is 0 Å². The van der Waals surface area contributed by atoms with E-state index in [4.69, 9.17) is 27.9 Å². The maximum atomic E-state index is 12.4. The number of hydrogen-bond donors (Lipinski definition) is 1. The summed E-state index contributed by atoms with van der Waals surface area (Å²) in [6, 6.07) is 23.2. The van der Waals surface area contributed by atoms with E-state index in [1.165, 1.54) is 6.08 Å². The number of anilines is 1. The molecule has 29 heavy (non-hydrogen) atoms. The zero-order valence-corrected chi connectivity index (χ0v) is 16.7. The lowest BCUT2D eigenvalue weighted by Crippen LogP contribution is -2.13. The Balaban J connectivity index is 1.70. The van der Waals surface area contributed by atoms with E-state index in [1.54, 1.807) is 48.5 Å². The molecule has 6 heteroatoms. The van der Waals surface area contributed by atoms with Gasteiger partial charge in [0.2, 0.25) is 0 Å². The first-order chi connectivity index (χ1) is 14.0. The van der Waals surface area contributed by atoms with Gasteiger partial charge in [0.15, 0.2) is 0 Å². The zero-order chi connectivity index (χ0) is 20.6. The number of amides is 1. The average molecular weight is 423 g/mol. The summed E-state index contributed by atoms with van der Waals surface area (Å²) in [7, 11) is 0. The summed E-state index contributed by atoms with van der Waals surface area (Å²) >= 11 is 11.8. The van der Waals surface area contributed by atoms with Gasteiger partial charge in [0, 0.05) is 15.7 Å². The second-order valence-electron chi connectivity index (χ2n) is 6.12. The van der Waals surface area contributed by atoms with Crippen molar-refractivity contribution in [2.75, 3.05) is 5.32 Å². The fourth-order valence-corrected chi connectivity index (χ4v) is 2.87. The molecule has 0 saturated heterocycles. The minimum absolute atomic E-state index is 0.0214. The van der Waals surface area contributed by atoms with Crippen LogP contribution < -0.4 is 10.1 Å². The quantitative estimate of drug-likeness (QED) is 0.384. The molecule has 3 aromatic rings. The Kier molecular flexibility index (Phi) is 6.91. The highest BCUT2D eigenvalue weighted by atomic mass is 35.5. The molecule has 0 unspecified atom stereocenters. The molecule has 0 fully saturated rings. The number of rotatable bonds is 6. The Morgan fingerprint density at radius 2 is 1.76 bits per heavy atom. The molecule has 0 aliphatic heterocycles. The Bertz CT molecular complexity index is 1090. The van der Waals surface area contributed by atoms with Crippen molar-refractivity contribution >= 4 is 40.9 Å². The van der Waals surface area contributed by atoms with Crippen molar-refractivity contribution in [2.45, 2.75) is 6.61 Å². The van der Waals surface area contributed by atoms with E-state index in [1.807, 2.05) is 30.3 Å². The lowest BCUT2D eigenvalue weighted by molar-refractivity contribution is -0.112. The van der Waals surface area contributed by atoms with E-state index >= 15 is 0 Å². The molecule has 0 aliphatic rings. The predicted molar refractivity (Wildman–Crippen MR) is 116 cm³/mol. The molecular formula is C23H16Cl2N2O2. The van der Waals surface area contributed by atoms with Crippen LogP contribution in [0.3, 0.4) is 0 Å². The number of carbonyl (C=O) groups excluding carboxylic acids is 1. The number of carbonyl (C=O) groups is 1. The number of nitrogens with zero attached hydrogens (tertiary/aromatic N) is 1. The van der Waals surface area contributed by atoms with Crippen LogP contribution in [0.5, 0.6) is 5.75 Å². The van der Waals surface area contributed by atoms with Crippen molar-refractivity contribution < 1.29 is 9.53 Å². The van der Waals surface area contributed by atoms with Crippen molar-refractivity contribution in [1.82, 2.24) is 0 Å².